The predicted molar refractivity (Wildman–Crippen MR) is 74.0 cm³/mol. The Morgan fingerprint density at radius 2 is 2.37 bits per heavy atom. The molecule has 0 aliphatic carbocycles. The summed E-state index contributed by atoms with van der Waals surface area (Å²) in [6.45, 7) is 4.91. The second-order valence-electron chi connectivity index (χ2n) is 5.26. The van der Waals surface area contributed by atoms with E-state index in [1.54, 1.807) is 7.11 Å². The smallest absolute Gasteiger partial charge is 0.270 e. The average molecular weight is 265 g/mol. The molecule has 2 atom stereocenters. The summed E-state index contributed by atoms with van der Waals surface area (Å²) in [5.74, 6) is 0.458. The molecule has 1 aliphatic rings. The number of piperidine rings is 1. The van der Waals surface area contributed by atoms with Gasteiger partial charge in [0.1, 0.15) is 5.69 Å². The van der Waals surface area contributed by atoms with Crippen molar-refractivity contribution in [3.8, 4) is 0 Å². The molecule has 2 N–H and O–H groups in total. The molecule has 0 radical (unpaired) electrons. The summed E-state index contributed by atoms with van der Waals surface area (Å²) in [7, 11) is 1.67. The van der Waals surface area contributed by atoms with E-state index in [9.17, 15) is 4.79 Å². The predicted octanol–water partition coefficient (Wildman–Crippen LogP) is 0.944. The molecule has 19 heavy (non-hydrogen) atoms. The van der Waals surface area contributed by atoms with Crippen molar-refractivity contribution in [1.82, 2.24) is 9.47 Å². The van der Waals surface area contributed by atoms with Gasteiger partial charge in [0.15, 0.2) is 0 Å². The molecule has 1 fully saturated rings. The van der Waals surface area contributed by atoms with Crippen molar-refractivity contribution in [1.29, 1.82) is 0 Å². The molecule has 5 heteroatoms. The summed E-state index contributed by atoms with van der Waals surface area (Å²) in [5.41, 5.74) is 6.73. The lowest BCUT2D eigenvalue weighted by atomic mass is 9.94. The third-order valence-corrected chi connectivity index (χ3v) is 3.84. The first-order valence-electron chi connectivity index (χ1n) is 6.82. The van der Waals surface area contributed by atoms with E-state index in [0.29, 0.717) is 19.1 Å². The van der Waals surface area contributed by atoms with Crippen LogP contribution in [0.1, 0.15) is 23.8 Å². The van der Waals surface area contributed by atoms with Crippen molar-refractivity contribution >= 4 is 5.91 Å². The van der Waals surface area contributed by atoms with Crippen molar-refractivity contribution in [3.63, 3.8) is 0 Å². The van der Waals surface area contributed by atoms with Crippen LogP contribution in [0.4, 0.5) is 0 Å². The van der Waals surface area contributed by atoms with Crippen molar-refractivity contribution < 1.29 is 9.53 Å². The Bertz CT molecular complexity index is 430. The maximum absolute atomic E-state index is 12.5. The maximum atomic E-state index is 12.5. The van der Waals surface area contributed by atoms with Gasteiger partial charge in [-0.25, -0.2) is 0 Å². The normalized spacial score (nSPS) is 23.6. The van der Waals surface area contributed by atoms with Gasteiger partial charge >= 0.3 is 0 Å². The van der Waals surface area contributed by atoms with Crippen LogP contribution in [0.3, 0.4) is 0 Å². The van der Waals surface area contributed by atoms with Gasteiger partial charge in [-0.3, -0.25) is 4.79 Å². The number of amides is 1. The number of aromatic nitrogens is 1. The number of hydrogen-bond donors (Lipinski definition) is 1. The Morgan fingerprint density at radius 3 is 3.05 bits per heavy atom. The van der Waals surface area contributed by atoms with E-state index in [1.807, 2.05) is 27.8 Å². The molecule has 2 heterocycles. The van der Waals surface area contributed by atoms with Crippen molar-refractivity contribution in [3.05, 3.63) is 24.0 Å². The van der Waals surface area contributed by atoms with E-state index in [2.05, 4.69) is 6.92 Å². The second-order valence-corrected chi connectivity index (χ2v) is 5.26. The summed E-state index contributed by atoms with van der Waals surface area (Å²) in [6.07, 6.45) is 2.80. The molecule has 1 aliphatic heterocycles. The highest BCUT2D eigenvalue weighted by Crippen LogP contribution is 2.17. The fourth-order valence-electron chi connectivity index (χ4n) is 2.50. The highest BCUT2D eigenvalue weighted by Gasteiger charge is 2.27. The summed E-state index contributed by atoms with van der Waals surface area (Å²) < 4.78 is 7.01. The van der Waals surface area contributed by atoms with Crippen LogP contribution < -0.4 is 5.73 Å². The molecule has 5 nitrogen and oxygen atoms in total. The molecule has 0 bridgehead atoms. The van der Waals surface area contributed by atoms with Gasteiger partial charge in [-0.1, -0.05) is 6.92 Å². The maximum Gasteiger partial charge on any atom is 0.270 e. The highest BCUT2D eigenvalue weighted by molar-refractivity contribution is 5.92. The van der Waals surface area contributed by atoms with Crippen LogP contribution in [0, 0.1) is 5.92 Å². The standard InChI is InChI=1S/C14H23N3O2/c1-11-10-17(7-5-12(11)15)14(18)13-4-3-6-16(13)8-9-19-2/h3-4,6,11-12H,5,7-10,15H2,1-2H3. The Labute approximate surface area is 114 Å². The number of rotatable bonds is 4. The van der Waals surface area contributed by atoms with Gasteiger partial charge < -0.3 is 19.9 Å². The number of ether oxygens (including phenoxy) is 1. The van der Waals surface area contributed by atoms with Gasteiger partial charge in [-0.05, 0) is 24.5 Å². The largest absolute Gasteiger partial charge is 0.383 e. The van der Waals surface area contributed by atoms with E-state index in [4.69, 9.17) is 10.5 Å². The quantitative estimate of drug-likeness (QED) is 0.881. The van der Waals surface area contributed by atoms with Gasteiger partial charge in [0.05, 0.1) is 6.61 Å². The first-order chi connectivity index (χ1) is 9.13. The van der Waals surface area contributed by atoms with Gasteiger partial charge in [-0.2, -0.15) is 0 Å². The lowest BCUT2D eigenvalue weighted by molar-refractivity contribution is 0.0651. The van der Waals surface area contributed by atoms with Crippen molar-refractivity contribution in [2.24, 2.45) is 11.7 Å². The number of likely N-dealkylation sites (tertiary alicyclic amines) is 1. The molecule has 2 unspecified atom stereocenters. The second kappa shape index (κ2) is 6.21. The van der Waals surface area contributed by atoms with Crippen molar-refractivity contribution in [2.45, 2.75) is 25.9 Å². The topological polar surface area (TPSA) is 60.5 Å². The van der Waals surface area contributed by atoms with E-state index in [1.165, 1.54) is 0 Å². The zero-order valence-corrected chi connectivity index (χ0v) is 11.7. The minimum absolute atomic E-state index is 0.0971. The van der Waals surface area contributed by atoms with Crippen LogP contribution in [-0.2, 0) is 11.3 Å². The molecule has 1 aromatic heterocycles. The molecule has 1 aromatic rings. The van der Waals surface area contributed by atoms with Gasteiger partial charge in [0, 0.05) is 39.0 Å². The Kier molecular flexibility index (Phi) is 4.61. The average Bonchev–Trinajstić information content (AvgIpc) is 2.87. The third-order valence-electron chi connectivity index (χ3n) is 3.84. The SMILES string of the molecule is COCCn1cccc1C(=O)N1CCC(N)C(C)C1. The molecule has 0 saturated carbocycles. The number of nitrogens with zero attached hydrogens (tertiary/aromatic N) is 2. The molecule has 1 saturated heterocycles. The first kappa shape index (κ1) is 14.1. The summed E-state index contributed by atoms with van der Waals surface area (Å²) in [5, 5.41) is 0. The third kappa shape index (κ3) is 3.16. The van der Waals surface area contributed by atoms with Crippen LogP contribution in [0.5, 0.6) is 0 Å². The molecule has 106 valence electrons. The molecule has 2 rings (SSSR count). The minimum Gasteiger partial charge on any atom is -0.383 e. The zero-order chi connectivity index (χ0) is 13.8. The van der Waals surface area contributed by atoms with E-state index in [-0.39, 0.29) is 11.9 Å². The number of carbonyl (C=O) groups is 1. The summed E-state index contributed by atoms with van der Waals surface area (Å²) in [4.78, 5) is 14.4. The number of carbonyl (C=O) groups excluding carboxylic acids is 1. The molecule has 0 aromatic carbocycles. The zero-order valence-electron chi connectivity index (χ0n) is 11.7. The number of methoxy groups -OCH3 is 1. The fourth-order valence-corrected chi connectivity index (χ4v) is 2.50. The molecule has 1 amide bonds. The number of hydrogen-bond acceptors (Lipinski definition) is 3. The van der Waals surface area contributed by atoms with Gasteiger partial charge in [0.2, 0.25) is 0 Å². The molecule has 0 spiro atoms. The summed E-state index contributed by atoms with van der Waals surface area (Å²) >= 11 is 0. The van der Waals surface area contributed by atoms with Crippen molar-refractivity contribution in [2.75, 3.05) is 26.8 Å². The molecular weight excluding hydrogens is 242 g/mol. The highest BCUT2D eigenvalue weighted by atomic mass is 16.5. The fraction of sp³-hybridized carbons (Fsp3) is 0.643. The Morgan fingerprint density at radius 1 is 1.58 bits per heavy atom. The lowest BCUT2D eigenvalue weighted by Crippen LogP contribution is -2.48. The van der Waals surface area contributed by atoms with E-state index >= 15 is 0 Å². The van der Waals surface area contributed by atoms with Crippen LogP contribution >= 0.6 is 0 Å². The Balaban J connectivity index is 2.05. The first-order valence-corrected chi connectivity index (χ1v) is 6.82. The molecular formula is C14H23N3O2. The van der Waals surface area contributed by atoms with Crippen LogP contribution in [0.2, 0.25) is 0 Å². The minimum atomic E-state index is 0.0971. The monoisotopic (exact) mass is 265 g/mol. The number of nitrogens with two attached hydrogens (primary N) is 1. The summed E-state index contributed by atoms with van der Waals surface area (Å²) in [6, 6.07) is 3.99. The van der Waals surface area contributed by atoms with Gasteiger partial charge in [-0.15, -0.1) is 0 Å². The van der Waals surface area contributed by atoms with Crippen LogP contribution in [-0.4, -0.2) is 48.2 Å². The van der Waals surface area contributed by atoms with E-state index in [0.717, 1.165) is 25.2 Å². The van der Waals surface area contributed by atoms with Crippen LogP contribution in [0.15, 0.2) is 18.3 Å². The van der Waals surface area contributed by atoms with Gasteiger partial charge in [0.25, 0.3) is 5.91 Å². The Hall–Kier alpha value is -1.33. The van der Waals surface area contributed by atoms with E-state index < -0.39 is 0 Å². The van der Waals surface area contributed by atoms with Crippen LogP contribution in [0.25, 0.3) is 0 Å². The lowest BCUT2D eigenvalue weighted by Gasteiger charge is -2.35.